The molecule has 0 spiro atoms. The van der Waals surface area contributed by atoms with Crippen LogP contribution in [-0.2, 0) is 9.53 Å². The standard InChI is InChI=1S/C19H37O2/c1-4-6-8-10-11-12-13-15-17-18(19(20)21-3)16-14-9-7-5-2/h18H,3-17H2,1-2H3. The van der Waals surface area contributed by atoms with Gasteiger partial charge in [0.25, 0.3) is 0 Å². The highest BCUT2D eigenvalue weighted by molar-refractivity contribution is 5.72. The Balaban J connectivity index is 3.64. The van der Waals surface area contributed by atoms with Crippen molar-refractivity contribution < 1.29 is 9.53 Å². The number of esters is 1. The van der Waals surface area contributed by atoms with Crippen LogP contribution in [-0.4, -0.2) is 5.97 Å². The molecule has 0 rings (SSSR count). The van der Waals surface area contributed by atoms with Crippen molar-refractivity contribution in [3.05, 3.63) is 7.11 Å². The van der Waals surface area contributed by atoms with Gasteiger partial charge in [-0.1, -0.05) is 90.9 Å². The lowest BCUT2D eigenvalue weighted by molar-refractivity contribution is -0.143. The number of unbranched alkanes of at least 4 members (excludes halogenated alkanes) is 10. The summed E-state index contributed by atoms with van der Waals surface area (Å²) in [5.41, 5.74) is 0. The van der Waals surface area contributed by atoms with Crippen molar-refractivity contribution >= 4 is 5.97 Å². The number of ether oxygens (including phenoxy) is 1. The molecule has 2 heteroatoms. The predicted octanol–water partition coefficient (Wildman–Crippen LogP) is 6.44. The van der Waals surface area contributed by atoms with Crippen molar-refractivity contribution in [2.45, 2.75) is 104 Å². The van der Waals surface area contributed by atoms with Crippen LogP contribution < -0.4 is 0 Å². The Morgan fingerprint density at radius 3 is 1.57 bits per heavy atom. The molecule has 0 aromatic heterocycles. The summed E-state index contributed by atoms with van der Waals surface area (Å²) in [6.07, 6.45) is 17.3. The van der Waals surface area contributed by atoms with Gasteiger partial charge < -0.3 is 4.74 Å². The Kier molecular flexibility index (Phi) is 15.5. The number of hydrogen-bond acceptors (Lipinski definition) is 2. The summed E-state index contributed by atoms with van der Waals surface area (Å²) in [6.45, 7) is 4.46. The lowest BCUT2D eigenvalue weighted by Gasteiger charge is -2.14. The minimum atomic E-state index is -0.102. The second-order valence-electron chi connectivity index (χ2n) is 6.27. The molecule has 21 heavy (non-hydrogen) atoms. The van der Waals surface area contributed by atoms with Gasteiger partial charge in [0.05, 0.1) is 5.92 Å². The van der Waals surface area contributed by atoms with Crippen molar-refractivity contribution in [2.75, 3.05) is 0 Å². The second kappa shape index (κ2) is 15.9. The number of carbonyl (C=O) groups is 1. The molecule has 0 heterocycles. The third-order valence-electron chi connectivity index (χ3n) is 4.29. The van der Waals surface area contributed by atoms with Gasteiger partial charge in [0, 0.05) is 0 Å². The normalized spacial score (nSPS) is 12.3. The fraction of sp³-hybridized carbons (Fsp3) is 0.895. The first-order valence-electron chi connectivity index (χ1n) is 9.22. The number of hydrogen-bond donors (Lipinski definition) is 0. The lowest BCUT2D eigenvalue weighted by atomic mass is 9.94. The molecule has 1 radical (unpaired) electrons. The Morgan fingerprint density at radius 1 is 0.762 bits per heavy atom. The van der Waals surface area contributed by atoms with Gasteiger partial charge >= 0.3 is 5.97 Å². The van der Waals surface area contributed by atoms with Crippen LogP contribution in [0.15, 0.2) is 0 Å². The molecule has 0 aliphatic rings. The maximum absolute atomic E-state index is 11.7. The summed E-state index contributed by atoms with van der Waals surface area (Å²) in [4.78, 5) is 11.7. The third kappa shape index (κ3) is 12.9. The maximum Gasteiger partial charge on any atom is 0.309 e. The van der Waals surface area contributed by atoms with E-state index < -0.39 is 0 Å². The molecule has 0 aliphatic heterocycles. The van der Waals surface area contributed by atoms with Crippen LogP contribution >= 0.6 is 0 Å². The van der Waals surface area contributed by atoms with Crippen LogP contribution in [0.3, 0.4) is 0 Å². The summed E-state index contributed by atoms with van der Waals surface area (Å²) in [5.74, 6) is -0.0195. The summed E-state index contributed by atoms with van der Waals surface area (Å²) >= 11 is 0. The molecule has 0 amide bonds. The van der Waals surface area contributed by atoms with Gasteiger partial charge in [-0.3, -0.25) is 4.79 Å². The number of carbonyl (C=O) groups excluding carboxylic acids is 1. The molecule has 0 aromatic rings. The second-order valence-corrected chi connectivity index (χ2v) is 6.27. The zero-order valence-electron chi connectivity index (χ0n) is 14.5. The summed E-state index contributed by atoms with van der Waals surface area (Å²) in [7, 11) is 3.29. The van der Waals surface area contributed by atoms with E-state index in [1.807, 2.05) is 0 Å². The van der Waals surface area contributed by atoms with Crippen molar-refractivity contribution in [1.29, 1.82) is 0 Å². The highest BCUT2D eigenvalue weighted by atomic mass is 16.5. The zero-order valence-corrected chi connectivity index (χ0v) is 14.5. The fourth-order valence-electron chi connectivity index (χ4n) is 2.84. The Hall–Kier alpha value is -0.530. The Morgan fingerprint density at radius 2 is 1.14 bits per heavy atom. The average Bonchev–Trinajstić information content (AvgIpc) is 2.51. The Labute approximate surface area is 133 Å². The van der Waals surface area contributed by atoms with E-state index in [1.165, 1.54) is 64.2 Å². The highest BCUT2D eigenvalue weighted by Crippen LogP contribution is 2.20. The molecule has 0 aromatic carbocycles. The minimum Gasteiger partial charge on any atom is -0.462 e. The van der Waals surface area contributed by atoms with Gasteiger partial charge in [-0.15, -0.1) is 0 Å². The van der Waals surface area contributed by atoms with Crippen LogP contribution in [0.2, 0.25) is 0 Å². The van der Waals surface area contributed by atoms with E-state index in [1.54, 1.807) is 0 Å². The van der Waals surface area contributed by atoms with Gasteiger partial charge in [-0.25, -0.2) is 0 Å². The van der Waals surface area contributed by atoms with E-state index in [0.29, 0.717) is 0 Å². The van der Waals surface area contributed by atoms with E-state index in [9.17, 15) is 4.79 Å². The summed E-state index contributed by atoms with van der Waals surface area (Å²) < 4.78 is 4.70. The molecule has 2 nitrogen and oxygen atoms in total. The minimum absolute atomic E-state index is 0.0828. The van der Waals surface area contributed by atoms with Gasteiger partial charge in [-0.05, 0) is 12.8 Å². The van der Waals surface area contributed by atoms with Gasteiger partial charge in [0.15, 0.2) is 0 Å². The molecule has 1 unspecified atom stereocenters. The quantitative estimate of drug-likeness (QED) is 0.257. The first kappa shape index (κ1) is 20.5. The largest absolute Gasteiger partial charge is 0.462 e. The average molecular weight is 298 g/mol. The molecule has 1 atom stereocenters. The third-order valence-corrected chi connectivity index (χ3v) is 4.29. The topological polar surface area (TPSA) is 26.3 Å². The van der Waals surface area contributed by atoms with E-state index in [4.69, 9.17) is 4.74 Å². The molecule has 125 valence electrons. The molecule has 0 saturated carbocycles. The van der Waals surface area contributed by atoms with Crippen molar-refractivity contribution in [1.82, 2.24) is 0 Å². The maximum atomic E-state index is 11.7. The van der Waals surface area contributed by atoms with Gasteiger partial charge in [-0.2, -0.15) is 0 Å². The van der Waals surface area contributed by atoms with E-state index >= 15 is 0 Å². The van der Waals surface area contributed by atoms with Crippen molar-refractivity contribution in [2.24, 2.45) is 5.92 Å². The SMILES string of the molecule is [CH2]OC(=O)C(CCCCCC)CCCCCCCCCC. The number of rotatable bonds is 15. The van der Waals surface area contributed by atoms with Crippen LogP contribution in [0.25, 0.3) is 0 Å². The van der Waals surface area contributed by atoms with E-state index in [-0.39, 0.29) is 11.9 Å². The smallest absolute Gasteiger partial charge is 0.309 e. The van der Waals surface area contributed by atoms with Gasteiger partial charge in [0.2, 0.25) is 0 Å². The predicted molar refractivity (Wildman–Crippen MR) is 90.9 cm³/mol. The van der Waals surface area contributed by atoms with Gasteiger partial charge in [0.1, 0.15) is 7.11 Å². The molecular weight excluding hydrogens is 260 g/mol. The molecule has 0 fully saturated rings. The molecule has 0 bridgehead atoms. The zero-order chi connectivity index (χ0) is 15.8. The first-order valence-corrected chi connectivity index (χ1v) is 9.22. The van der Waals surface area contributed by atoms with Crippen LogP contribution in [0, 0.1) is 13.0 Å². The molecule has 0 saturated heterocycles. The first-order chi connectivity index (χ1) is 10.3. The van der Waals surface area contributed by atoms with Crippen LogP contribution in [0.5, 0.6) is 0 Å². The monoisotopic (exact) mass is 297 g/mol. The van der Waals surface area contributed by atoms with Crippen molar-refractivity contribution in [3.8, 4) is 0 Å². The van der Waals surface area contributed by atoms with Crippen LogP contribution in [0.4, 0.5) is 0 Å². The van der Waals surface area contributed by atoms with E-state index in [0.717, 1.165) is 25.7 Å². The fourth-order valence-corrected chi connectivity index (χ4v) is 2.84. The Bertz CT molecular complexity index is 226. The van der Waals surface area contributed by atoms with Crippen LogP contribution in [0.1, 0.15) is 104 Å². The molecule has 0 aliphatic carbocycles. The lowest BCUT2D eigenvalue weighted by Crippen LogP contribution is -2.15. The summed E-state index contributed by atoms with van der Waals surface area (Å²) in [6, 6.07) is 0. The van der Waals surface area contributed by atoms with E-state index in [2.05, 4.69) is 21.0 Å². The molecule has 0 N–H and O–H groups in total. The highest BCUT2D eigenvalue weighted by Gasteiger charge is 2.17. The summed E-state index contributed by atoms with van der Waals surface area (Å²) in [5, 5.41) is 0. The molecular formula is C19H37O2. The van der Waals surface area contributed by atoms with Crippen molar-refractivity contribution in [3.63, 3.8) is 0 Å².